The van der Waals surface area contributed by atoms with Crippen LogP contribution in [0, 0.1) is 5.92 Å². The molecule has 4 nitrogen and oxygen atoms in total. The molecule has 0 aliphatic carbocycles. The fourth-order valence-corrected chi connectivity index (χ4v) is 3.32. The number of thiocarbonyl (C=S) groups is 1. The predicted octanol–water partition coefficient (Wildman–Crippen LogP) is 2.55. The summed E-state index contributed by atoms with van der Waals surface area (Å²) in [5.41, 5.74) is 6.08. The summed E-state index contributed by atoms with van der Waals surface area (Å²) in [6, 6.07) is 6.40. The van der Waals surface area contributed by atoms with E-state index in [1.165, 1.54) is 6.07 Å². The molecular formula is C15H23NO3S2. The Kier molecular flexibility index (Phi) is 6.77. The highest BCUT2D eigenvalue weighted by Gasteiger charge is 2.16. The number of benzene rings is 1. The molecule has 0 aliphatic heterocycles. The Bertz CT molecular complexity index is 582. The molecule has 0 aromatic heterocycles. The molecule has 21 heavy (non-hydrogen) atoms. The number of nitrogens with two attached hydrogens (primary N) is 1. The van der Waals surface area contributed by atoms with E-state index in [1.54, 1.807) is 18.2 Å². The van der Waals surface area contributed by atoms with Gasteiger partial charge in [-0.2, -0.15) is 0 Å². The van der Waals surface area contributed by atoms with Crippen molar-refractivity contribution in [1.29, 1.82) is 0 Å². The van der Waals surface area contributed by atoms with Crippen LogP contribution in [-0.2, 0) is 14.6 Å². The van der Waals surface area contributed by atoms with Gasteiger partial charge in [0.1, 0.15) is 4.99 Å². The van der Waals surface area contributed by atoms with E-state index in [-0.39, 0.29) is 28.3 Å². The monoisotopic (exact) mass is 329 g/mol. The minimum atomic E-state index is -3.38. The molecule has 2 N–H and O–H groups in total. The first-order chi connectivity index (χ1) is 9.72. The Morgan fingerprint density at radius 1 is 1.33 bits per heavy atom. The van der Waals surface area contributed by atoms with Gasteiger partial charge in [-0.1, -0.05) is 38.2 Å². The first-order valence-corrected chi connectivity index (χ1v) is 9.02. The molecule has 1 rings (SSSR count). The van der Waals surface area contributed by atoms with Gasteiger partial charge in [0.2, 0.25) is 0 Å². The van der Waals surface area contributed by atoms with Crippen LogP contribution in [-0.4, -0.2) is 31.9 Å². The van der Waals surface area contributed by atoms with Crippen molar-refractivity contribution in [1.82, 2.24) is 0 Å². The molecule has 0 saturated heterocycles. The molecule has 0 fully saturated rings. The van der Waals surface area contributed by atoms with Gasteiger partial charge in [0.15, 0.2) is 9.84 Å². The molecule has 1 aromatic carbocycles. The summed E-state index contributed by atoms with van der Waals surface area (Å²) in [5.74, 6) is 0.481. The standard InChI is InChI=1S/C15H23NO3S2/c1-11(2)9-12(3)19-7-8-21(17,18)14-6-4-5-13(10-14)15(16)20/h4-6,10-12H,7-9H2,1-3H3,(H2,16,20). The minimum Gasteiger partial charge on any atom is -0.389 e. The average Bonchev–Trinajstić information content (AvgIpc) is 2.37. The van der Waals surface area contributed by atoms with Crippen molar-refractivity contribution in [3.8, 4) is 0 Å². The summed E-state index contributed by atoms with van der Waals surface area (Å²) in [6.07, 6.45) is 0.972. The number of hydrogen-bond donors (Lipinski definition) is 1. The fourth-order valence-electron chi connectivity index (χ4n) is 2.05. The summed E-state index contributed by atoms with van der Waals surface area (Å²) in [7, 11) is -3.38. The molecule has 118 valence electrons. The lowest BCUT2D eigenvalue weighted by Crippen LogP contribution is -2.18. The zero-order chi connectivity index (χ0) is 16.0. The third-order valence-corrected chi connectivity index (χ3v) is 4.95. The number of hydrogen-bond acceptors (Lipinski definition) is 4. The molecule has 0 amide bonds. The van der Waals surface area contributed by atoms with Crippen LogP contribution >= 0.6 is 12.2 Å². The maximum Gasteiger partial charge on any atom is 0.180 e. The van der Waals surface area contributed by atoms with Gasteiger partial charge in [-0.3, -0.25) is 0 Å². The second kappa shape index (κ2) is 7.87. The average molecular weight is 329 g/mol. The SMILES string of the molecule is CC(C)CC(C)OCCS(=O)(=O)c1cccc(C(N)=S)c1. The van der Waals surface area contributed by atoms with Gasteiger partial charge in [-0.25, -0.2) is 8.42 Å². The third kappa shape index (κ3) is 6.11. The number of ether oxygens (including phenoxy) is 1. The molecule has 1 unspecified atom stereocenters. The summed E-state index contributed by atoms with van der Waals surface area (Å²) in [6.45, 7) is 6.36. The lowest BCUT2D eigenvalue weighted by molar-refractivity contribution is 0.0627. The summed E-state index contributed by atoms with van der Waals surface area (Å²) in [5, 5.41) is 0. The van der Waals surface area contributed by atoms with Gasteiger partial charge in [0.25, 0.3) is 0 Å². The first kappa shape index (κ1) is 18.1. The minimum absolute atomic E-state index is 0.0454. The molecule has 0 bridgehead atoms. The van der Waals surface area contributed by atoms with Crippen molar-refractivity contribution in [3.63, 3.8) is 0 Å². The number of rotatable bonds is 8. The normalized spacial score (nSPS) is 13.3. The van der Waals surface area contributed by atoms with Crippen molar-refractivity contribution in [2.45, 2.75) is 38.2 Å². The summed E-state index contributed by atoms with van der Waals surface area (Å²) < 4.78 is 30.1. The Labute approximate surface area is 132 Å². The smallest absolute Gasteiger partial charge is 0.180 e. The number of sulfone groups is 1. The second-order valence-electron chi connectivity index (χ2n) is 5.52. The van der Waals surface area contributed by atoms with Crippen LogP contribution in [0.4, 0.5) is 0 Å². The molecule has 1 atom stereocenters. The van der Waals surface area contributed by atoms with E-state index in [0.29, 0.717) is 11.5 Å². The molecule has 0 heterocycles. The fraction of sp³-hybridized carbons (Fsp3) is 0.533. The summed E-state index contributed by atoms with van der Waals surface area (Å²) in [4.78, 5) is 0.418. The van der Waals surface area contributed by atoms with Crippen molar-refractivity contribution in [2.24, 2.45) is 11.7 Å². The first-order valence-electron chi connectivity index (χ1n) is 6.96. The molecule has 0 aliphatic rings. The maximum absolute atomic E-state index is 12.2. The van der Waals surface area contributed by atoms with E-state index in [9.17, 15) is 8.42 Å². The highest BCUT2D eigenvalue weighted by atomic mass is 32.2. The lowest BCUT2D eigenvalue weighted by atomic mass is 10.1. The summed E-state index contributed by atoms with van der Waals surface area (Å²) >= 11 is 4.86. The molecule has 6 heteroatoms. The van der Waals surface area contributed by atoms with Gasteiger partial charge in [-0.05, 0) is 31.4 Å². The zero-order valence-corrected chi connectivity index (χ0v) is 14.3. The van der Waals surface area contributed by atoms with Gasteiger partial charge in [0, 0.05) is 5.56 Å². The van der Waals surface area contributed by atoms with E-state index in [4.69, 9.17) is 22.7 Å². The van der Waals surface area contributed by atoms with E-state index < -0.39 is 9.84 Å². The van der Waals surface area contributed by atoms with E-state index in [1.807, 2.05) is 6.92 Å². The second-order valence-corrected chi connectivity index (χ2v) is 8.07. The topological polar surface area (TPSA) is 69.4 Å². The van der Waals surface area contributed by atoms with Crippen LogP contribution in [0.1, 0.15) is 32.8 Å². The van der Waals surface area contributed by atoms with Crippen LogP contribution in [0.2, 0.25) is 0 Å². The van der Waals surface area contributed by atoms with Crippen LogP contribution in [0.25, 0.3) is 0 Å². The molecule has 1 aromatic rings. The van der Waals surface area contributed by atoms with Crippen molar-refractivity contribution in [3.05, 3.63) is 29.8 Å². The largest absolute Gasteiger partial charge is 0.389 e. The van der Waals surface area contributed by atoms with E-state index in [0.717, 1.165) is 6.42 Å². The molecule has 0 saturated carbocycles. The molecule has 0 spiro atoms. The van der Waals surface area contributed by atoms with Gasteiger partial charge < -0.3 is 10.5 Å². The third-order valence-electron chi connectivity index (χ3n) is 3.04. The predicted molar refractivity (Wildman–Crippen MR) is 89.3 cm³/mol. The lowest BCUT2D eigenvalue weighted by Gasteiger charge is -2.15. The van der Waals surface area contributed by atoms with Crippen molar-refractivity contribution in [2.75, 3.05) is 12.4 Å². The molecular weight excluding hydrogens is 306 g/mol. The quantitative estimate of drug-likeness (QED) is 0.742. The Balaban J connectivity index is 2.65. The van der Waals surface area contributed by atoms with Crippen LogP contribution < -0.4 is 5.73 Å². The molecule has 0 radical (unpaired) electrons. The van der Waals surface area contributed by atoms with Gasteiger partial charge in [0.05, 0.1) is 23.4 Å². The highest BCUT2D eigenvalue weighted by molar-refractivity contribution is 7.91. The highest BCUT2D eigenvalue weighted by Crippen LogP contribution is 2.14. The van der Waals surface area contributed by atoms with E-state index >= 15 is 0 Å². The Morgan fingerprint density at radius 3 is 2.57 bits per heavy atom. The Morgan fingerprint density at radius 2 is 2.00 bits per heavy atom. The van der Waals surface area contributed by atoms with Crippen LogP contribution in [0.5, 0.6) is 0 Å². The van der Waals surface area contributed by atoms with Crippen LogP contribution in [0.15, 0.2) is 29.2 Å². The van der Waals surface area contributed by atoms with Crippen LogP contribution in [0.3, 0.4) is 0 Å². The van der Waals surface area contributed by atoms with Gasteiger partial charge in [-0.15, -0.1) is 0 Å². The Hall–Kier alpha value is -0.980. The zero-order valence-electron chi connectivity index (χ0n) is 12.7. The van der Waals surface area contributed by atoms with Crippen molar-refractivity contribution >= 4 is 27.0 Å². The van der Waals surface area contributed by atoms with E-state index in [2.05, 4.69) is 13.8 Å². The van der Waals surface area contributed by atoms with Gasteiger partial charge >= 0.3 is 0 Å². The maximum atomic E-state index is 12.2. The van der Waals surface area contributed by atoms with Crippen molar-refractivity contribution < 1.29 is 13.2 Å².